The van der Waals surface area contributed by atoms with Crippen molar-refractivity contribution in [2.24, 2.45) is 5.73 Å². The Morgan fingerprint density at radius 3 is 2.64 bits per heavy atom. The SMILES string of the molecule is N#C[C@@H](N)CS(=O)Cc1ccccc1. The molecule has 0 fully saturated rings. The lowest BCUT2D eigenvalue weighted by Gasteiger charge is -2.03. The van der Waals surface area contributed by atoms with E-state index in [9.17, 15) is 4.21 Å². The van der Waals surface area contributed by atoms with Crippen LogP contribution in [0.4, 0.5) is 0 Å². The first kappa shape index (κ1) is 10.9. The van der Waals surface area contributed by atoms with Gasteiger partial charge in [-0.2, -0.15) is 5.26 Å². The average molecular weight is 208 g/mol. The third-order valence-corrected chi connectivity index (χ3v) is 3.09. The molecule has 1 aromatic carbocycles. The lowest BCUT2D eigenvalue weighted by molar-refractivity contribution is 0.679. The molecule has 4 heteroatoms. The van der Waals surface area contributed by atoms with Crippen molar-refractivity contribution >= 4 is 10.8 Å². The number of nitrogens with zero attached hydrogens (tertiary/aromatic N) is 1. The number of rotatable bonds is 4. The van der Waals surface area contributed by atoms with E-state index in [1.807, 2.05) is 36.4 Å². The molecule has 0 aliphatic carbocycles. The molecule has 0 saturated heterocycles. The minimum atomic E-state index is -1.05. The van der Waals surface area contributed by atoms with Crippen molar-refractivity contribution in [1.82, 2.24) is 0 Å². The van der Waals surface area contributed by atoms with E-state index in [1.54, 1.807) is 0 Å². The van der Waals surface area contributed by atoms with Crippen LogP contribution in [-0.4, -0.2) is 16.0 Å². The van der Waals surface area contributed by atoms with Gasteiger partial charge in [0.2, 0.25) is 0 Å². The second-order valence-electron chi connectivity index (χ2n) is 2.97. The van der Waals surface area contributed by atoms with Gasteiger partial charge in [-0.05, 0) is 5.56 Å². The van der Waals surface area contributed by atoms with Crippen molar-refractivity contribution in [3.05, 3.63) is 35.9 Å². The minimum Gasteiger partial charge on any atom is -0.315 e. The van der Waals surface area contributed by atoms with Gasteiger partial charge >= 0.3 is 0 Å². The summed E-state index contributed by atoms with van der Waals surface area (Å²) in [5.74, 6) is 0.710. The Morgan fingerprint density at radius 2 is 2.07 bits per heavy atom. The normalized spacial score (nSPS) is 14.3. The van der Waals surface area contributed by atoms with Crippen LogP contribution in [-0.2, 0) is 16.6 Å². The Balaban J connectivity index is 2.47. The maximum atomic E-state index is 11.5. The number of hydrogen-bond donors (Lipinski definition) is 1. The van der Waals surface area contributed by atoms with E-state index >= 15 is 0 Å². The zero-order chi connectivity index (χ0) is 10.4. The average Bonchev–Trinajstić information content (AvgIpc) is 2.19. The molecular formula is C10H12N2OS. The summed E-state index contributed by atoms with van der Waals surface area (Å²) >= 11 is 0. The number of hydrogen-bond acceptors (Lipinski definition) is 3. The summed E-state index contributed by atoms with van der Waals surface area (Å²) in [6.45, 7) is 0. The molecule has 2 atom stereocenters. The summed E-state index contributed by atoms with van der Waals surface area (Å²) in [6, 6.07) is 10.8. The summed E-state index contributed by atoms with van der Waals surface area (Å²) < 4.78 is 11.5. The van der Waals surface area contributed by atoms with E-state index in [2.05, 4.69) is 0 Å². The highest BCUT2D eigenvalue weighted by molar-refractivity contribution is 7.84. The molecule has 1 rings (SSSR count). The summed E-state index contributed by atoms with van der Waals surface area (Å²) in [7, 11) is -1.05. The van der Waals surface area contributed by atoms with Crippen molar-refractivity contribution in [2.75, 3.05) is 5.75 Å². The van der Waals surface area contributed by atoms with Crippen LogP contribution in [0.25, 0.3) is 0 Å². The molecule has 0 aliphatic heterocycles. The zero-order valence-corrected chi connectivity index (χ0v) is 8.54. The van der Waals surface area contributed by atoms with Crippen LogP contribution >= 0.6 is 0 Å². The predicted octanol–water partition coefficient (Wildman–Crippen LogP) is 0.786. The van der Waals surface area contributed by atoms with Crippen LogP contribution in [0.5, 0.6) is 0 Å². The molecule has 2 N–H and O–H groups in total. The maximum Gasteiger partial charge on any atom is 0.104 e. The van der Waals surface area contributed by atoms with Crippen molar-refractivity contribution < 1.29 is 4.21 Å². The molecular weight excluding hydrogens is 196 g/mol. The fraction of sp³-hybridized carbons (Fsp3) is 0.300. The fourth-order valence-electron chi connectivity index (χ4n) is 1.06. The Kier molecular flexibility index (Phi) is 4.30. The van der Waals surface area contributed by atoms with Gasteiger partial charge in [0, 0.05) is 16.6 Å². The Bertz CT molecular complexity index is 345. The molecule has 0 heterocycles. The summed E-state index contributed by atoms with van der Waals surface area (Å²) in [5, 5.41) is 8.44. The monoisotopic (exact) mass is 208 g/mol. The minimum absolute atomic E-state index is 0.241. The van der Waals surface area contributed by atoms with Crippen LogP contribution in [0.15, 0.2) is 30.3 Å². The quantitative estimate of drug-likeness (QED) is 0.795. The van der Waals surface area contributed by atoms with Crippen molar-refractivity contribution in [3.63, 3.8) is 0 Å². The van der Waals surface area contributed by atoms with E-state index < -0.39 is 16.8 Å². The standard InChI is InChI=1S/C10H12N2OS/c11-6-10(12)8-14(13)7-9-4-2-1-3-5-9/h1-5,10H,7-8,12H2/t10-,14?/m1/s1. The summed E-state index contributed by atoms with van der Waals surface area (Å²) in [5.41, 5.74) is 6.38. The van der Waals surface area contributed by atoms with Crippen LogP contribution in [0.1, 0.15) is 5.56 Å². The fourth-order valence-corrected chi connectivity index (χ4v) is 2.21. The Labute approximate surface area is 86.0 Å². The first-order valence-corrected chi connectivity index (χ1v) is 5.75. The molecule has 74 valence electrons. The van der Waals surface area contributed by atoms with Crippen LogP contribution < -0.4 is 5.73 Å². The van der Waals surface area contributed by atoms with Gasteiger partial charge in [0.15, 0.2) is 0 Å². The molecule has 1 aromatic rings. The Morgan fingerprint density at radius 1 is 1.43 bits per heavy atom. The van der Waals surface area contributed by atoms with E-state index in [1.165, 1.54) is 0 Å². The first-order valence-electron chi connectivity index (χ1n) is 4.26. The molecule has 14 heavy (non-hydrogen) atoms. The smallest absolute Gasteiger partial charge is 0.104 e. The number of benzene rings is 1. The van der Waals surface area contributed by atoms with Gasteiger partial charge in [0.25, 0.3) is 0 Å². The van der Waals surface area contributed by atoms with Crippen LogP contribution in [0.2, 0.25) is 0 Å². The highest BCUT2D eigenvalue weighted by Gasteiger charge is 2.07. The van der Waals surface area contributed by atoms with Crippen LogP contribution in [0.3, 0.4) is 0 Å². The lowest BCUT2D eigenvalue weighted by atomic mass is 10.2. The van der Waals surface area contributed by atoms with E-state index in [0.29, 0.717) is 5.75 Å². The molecule has 3 nitrogen and oxygen atoms in total. The lowest BCUT2D eigenvalue weighted by Crippen LogP contribution is -2.25. The van der Waals surface area contributed by atoms with Crippen molar-refractivity contribution in [3.8, 4) is 6.07 Å². The summed E-state index contributed by atoms with van der Waals surface area (Å²) in [4.78, 5) is 0. The van der Waals surface area contributed by atoms with Gasteiger partial charge in [0.1, 0.15) is 6.04 Å². The van der Waals surface area contributed by atoms with Crippen molar-refractivity contribution in [1.29, 1.82) is 5.26 Å². The second kappa shape index (κ2) is 5.53. The van der Waals surface area contributed by atoms with Gasteiger partial charge in [-0.3, -0.25) is 4.21 Å². The van der Waals surface area contributed by atoms with Gasteiger partial charge in [-0.15, -0.1) is 0 Å². The number of nitrogens with two attached hydrogens (primary N) is 1. The van der Waals surface area contributed by atoms with E-state index in [4.69, 9.17) is 11.0 Å². The van der Waals surface area contributed by atoms with Gasteiger partial charge in [-0.1, -0.05) is 30.3 Å². The van der Waals surface area contributed by atoms with E-state index in [0.717, 1.165) is 5.56 Å². The molecule has 0 aromatic heterocycles. The Hall–Kier alpha value is -1.18. The summed E-state index contributed by atoms with van der Waals surface area (Å²) in [6.07, 6.45) is 0. The van der Waals surface area contributed by atoms with Gasteiger partial charge in [-0.25, -0.2) is 0 Å². The van der Waals surface area contributed by atoms with Gasteiger partial charge in [0.05, 0.1) is 11.8 Å². The predicted molar refractivity (Wildman–Crippen MR) is 56.7 cm³/mol. The highest BCUT2D eigenvalue weighted by atomic mass is 32.2. The third-order valence-electron chi connectivity index (χ3n) is 1.70. The zero-order valence-electron chi connectivity index (χ0n) is 7.72. The second-order valence-corrected chi connectivity index (χ2v) is 4.47. The maximum absolute atomic E-state index is 11.5. The van der Waals surface area contributed by atoms with Gasteiger partial charge < -0.3 is 5.73 Å². The highest BCUT2D eigenvalue weighted by Crippen LogP contribution is 2.03. The van der Waals surface area contributed by atoms with Crippen LogP contribution in [0, 0.1) is 11.3 Å². The molecule has 0 spiro atoms. The third kappa shape index (κ3) is 3.69. The largest absolute Gasteiger partial charge is 0.315 e. The molecule has 0 amide bonds. The number of nitriles is 1. The van der Waals surface area contributed by atoms with Crippen molar-refractivity contribution in [2.45, 2.75) is 11.8 Å². The molecule has 0 aliphatic rings. The topological polar surface area (TPSA) is 66.9 Å². The molecule has 0 saturated carbocycles. The molecule has 0 bridgehead atoms. The molecule has 1 unspecified atom stereocenters. The first-order chi connectivity index (χ1) is 6.72. The molecule has 0 radical (unpaired) electrons. The van der Waals surface area contributed by atoms with E-state index in [-0.39, 0.29) is 5.75 Å².